The van der Waals surface area contributed by atoms with Crippen LogP contribution in [0.15, 0.2) is 82.6 Å². The zero-order valence-corrected chi connectivity index (χ0v) is 22.0. The number of anilines is 1. The summed E-state index contributed by atoms with van der Waals surface area (Å²) in [5.41, 5.74) is 3.73. The minimum atomic E-state index is -4.02. The zero-order chi connectivity index (χ0) is 24.3. The lowest BCUT2D eigenvalue weighted by molar-refractivity contribution is -0.670. The van der Waals surface area contributed by atoms with Gasteiger partial charge < -0.3 is 4.90 Å². The van der Waals surface area contributed by atoms with Crippen molar-refractivity contribution >= 4 is 49.1 Å². The van der Waals surface area contributed by atoms with Crippen LogP contribution in [-0.2, 0) is 23.1 Å². The van der Waals surface area contributed by atoms with Crippen molar-refractivity contribution in [3.05, 3.63) is 83.4 Å². The predicted molar refractivity (Wildman–Crippen MR) is 141 cm³/mol. The Morgan fingerprint density at radius 2 is 1.65 bits per heavy atom. The molecule has 1 N–H and O–H groups in total. The van der Waals surface area contributed by atoms with Gasteiger partial charge in [0, 0.05) is 17.5 Å². The number of thioether (sulfide) groups is 1. The molecule has 4 aromatic rings. The second-order valence-corrected chi connectivity index (χ2v) is 11.8. The SMILES string of the molecule is CCN1c2ccccc2SC1Cc1sc2ccccc2[n+]1CC.Cc1ccc(S(=O)(=O)O)cc1. The van der Waals surface area contributed by atoms with Crippen LogP contribution < -0.4 is 9.47 Å². The molecule has 0 fully saturated rings. The number of hydrogen-bond donors (Lipinski definition) is 1. The molecule has 1 aliphatic rings. The first-order valence-electron chi connectivity index (χ1n) is 11.3. The van der Waals surface area contributed by atoms with E-state index in [4.69, 9.17) is 4.55 Å². The Labute approximate surface area is 209 Å². The Morgan fingerprint density at radius 3 is 2.32 bits per heavy atom. The predicted octanol–water partition coefficient (Wildman–Crippen LogP) is 5.95. The van der Waals surface area contributed by atoms with Crippen molar-refractivity contribution in [2.24, 2.45) is 0 Å². The number of thiazole rings is 1. The summed E-state index contributed by atoms with van der Waals surface area (Å²) in [5.74, 6) is 0. The number of likely N-dealkylation sites (N-methyl/N-ethyl adjacent to an activating group) is 1. The van der Waals surface area contributed by atoms with Gasteiger partial charge in [0.05, 0.1) is 22.4 Å². The van der Waals surface area contributed by atoms with Crippen molar-refractivity contribution in [1.82, 2.24) is 0 Å². The maximum atomic E-state index is 10.5. The van der Waals surface area contributed by atoms with Crippen molar-refractivity contribution in [3.8, 4) is 0 Å². The monoisotopic (exact) mass is 513 g/mol. The molecule has 34 heavy (non-hydrogen) atoms. The highest BCUT2D eigenvalue weighted by Crippen LogP contribution is 2.44. The van der Waals surface area contributed by atoms with E-state index in [2.05, 4.69) is 71.8 Å². The van der Waals surface area contributed by atoms with Crippen molar-refractivity contribution in [2.45, 2.75) is 48.9 Å². The summed E-state index contributed by atoms with van der Waals surface area (Å²) in [6, 6.07) is 23.6. The average Bonchev–Trinajstić information content (AvgIpc) is 3.35. The van der Waals surface area contributed by atoms with Crippen LogP contribution in [0.1, 0.15) is 24.4 Å². The highest BCUT2D eigenvalue weighted by molar-refractivity contribution is 8.00. The van der Waals surface area contributed by atoms with Gasteiger partial charge in [-0.25, -0.2) is 0 Å². The fourth-order valence-electron chi connectivity index (χ4n) is 4.13. The number of para-hydroxylation sites is 2. The molecule has 0 bridgehead atoms. The number of aryl methyl sites for hydroxylation is 2. The van der Waals surface area contributed by atoms with Crippen LogP contribution in [0, 0.1) is 6.92 Å². The zero-order valence-electron chi connectivity index (χ0n) is 19.5. The number of aromatic nitrogens is 1. The molecule has 1 aromatic heterocycles. The molecule has 1 atom stereocenters. The van der Waals surface area contributed by atoms with Crippen LogP contribution in [0.5, 0.6) is 0 Å². The number of rotatable bonds is 5. The summed E-state index contributed by atoms with van der Waals surface area (Å²) >= 11 is 3.96. The molecule has 8 heteroatoms. The quantitative estimate of drug-likeness (QED) is 0.264. The topological polar surface area (TPSA) is 61.5 Å². The first kappa shape index (κ1) is 24.7. The second-order valence-electron chi connectivity index (χ2n) is 8.03. The summed E-state index contributed by atoms with van der Waals surface area (Å²) < 4.78 is 33.4. The smallest absolute Gasteiger partial charge is 0.294 e. The third kappa shape index (κ3) is 5.30. The van der Waals surface area contributed by atoms with Gasteiger partial charge in [0.1, 0.15) is 11.2 Å². The van der Waals surface area contributed by atoms with Gasteiger partial charge in [-0.2, -0.15) is 13.0 Å². The Bertz CT molecular complexity index is 1380. The van der Waals surface area contributed by atoms with E-state index in [0.29, 0.717) is 5.37 Å². The summed E-state index contributed by atoms with van der Waals surface area (Å²) in [4.78, 5) is 3.90. The normalized spacial score (nSPS) is 15.2. The van der Waals surface area contributed by atoms with E-state index < -0.39 is 10.1 Å². The summed E-state index contributed by atoms with van der Waals surface area (Å²) in [6.45, 7) is 8.44. The fraction of sp³-hybridized carbons (Fsp3) is 0.269. The van der Waals surface area contributed by atoms with Crippen LogP contribution in [0.4, 0.5) is 5.69 Å². The first-order chi connectivity index (χ1) is 16.3. The van der Waals surface area contributed by atoms with Gasteiger partial charge in [0.2, 0.25) is 10.5 Å². The van der Waals surface area contributed by atoms with E-state index in [1.807, 2.05) is 30.0 Å². The van der Waals surface area contributed by atoms with Crippen molar-refractivity contribution in [2.75, 3.05) is 11.4 Å². The van der Waals surface area contributed by atoms with Crippen LogP contribution >= 0.6 is 23.1 Å². The highest BCUT2D eigenvalue weighted by atomic mass is 32.2. The molecule has 0 amide bonds. The molecule has 0 spiro atoms. The Kier molecular flexibility index (Phi) is 7.62. The minimum absolute atomic E-state index is 0.0666. The van der Waals surface area contributed by atoms with Crippen LogP contribution in [0.3, 0.4) is 0 Å². The molecule has 5 nitrogen and oxygen atoms in total. The van der Waals surface area contributed by atoms with Crippen molar-refractivity contribution in [1.29, 1.82) is 0 Å². The molecular formula is C26H29N2O3S3+. The van der Waals surface area contributed by atoms with Gasteiger partial charge in [-0.3, -0.25) is 4.55 Å². The van der Waals surface area contributed by atoms with E-state index in [1.165, 1.54) is 37.9 Å². The third-order valence-electron chi connectivity index (χ3n) is 5.80. The highest BCUT2D eigenvalue weighted by Gasteiger charge is 2.32. The largest absolute Gasteiger partial charge is 0.358 e. The second kappa shape index (κ2) is 10.5. The molecule has 0 radical (unpaired) electrons. The fourth-order valence-corrected chi connectivity index (χ4v) is 7.36. The van der Waals surface area contributed by atoms with Crippen molar-refractivity contribution in [3.63, 3.8) is 0 Å². The molecule has 3 aromatic carbocycles. The van der Waals surface area contributed by atoms with E-state index in [-0.39, 0.29) is 4.90 Å². The lowest BCUT2D eigenvalue weighted by atomic mass is 10.2. The summed E-state index contributed by atoms with van der Waals surface area (Å²) in [5, 5.41) is 1.99. The molecule has 2 heterocycles. The number of benzene rings is 3. The standard InChI is InChI=1S/C19H21N2S2.C7H8O3S/c1-3-20-14-9-5-7-11-16(14)22-18(20)13-19-21(4-2)15-10-6-8-12-17(15)23-19;1-6-2-4-7(5-3-6)11(8,9)10/h5-12,18H,3-4,13H2,1-2H3;2-5H,1H3,(H,8,9,10)/q+1;. The first-order valence-corrected chi connectivity index (χ1v) is 14.4. The Hall–Kier alpha value is -2.39. The molecule has 5 rings (SSSR count). The van der Waals surface area contributed by atoms with Crippen LogP contribution in [0.25, 0.3) is 10.2 Å². The van der Waals surface area contributed by atoms with Gasteiger partial charge in [-0.1, -0.05) is 65.1 Å². The van der Waals surface area contributed by atoms with Gasteiger partial charge in [-0.15, -0.1) is 0 Å². The van der Waals surface area contributed by atoms with Gasteiger partial charge in [-0.05, 0) is 51.1 Å². The van der Waals surface area contributed by atoms with Gasteiger partial charge >= 0.3 is 0 Å². The summed E-state index contributed by atoms with van der Waals surface area (Å²) in [7, 11) is -4.02. The van der Waals surface area contributed by atoms with Crippen LogP contribution in [-0.4, -0.2) is 24.9 Å². The molecule has 1 unspecified atom stereocenters. The third-order valence-corrected chi connectivity index (χ3v) is 9.14. The molecular weight excluding hydrogens is 484 g/mol. The molecule has 178 valence electrons. The lowest BCUT2D eigenvalue weighted by Gasteiger charge is -2.23. The molecule has 0 saturated heterocycles. The van der Waals surface area contributed by atoms with Crippen molar-refractivity contribution < 1.29 is 17.5 Å². The van der Waals surface area contributed by atoms with E-state index in [0.717, 1.165) is 25.1 Å². The average molecular weight is 514 g/mol. The lowest BCUT2D eigenvalue weighted by Crippen LogP contribution is -2.39. The minimum Gasteiger partial charge on any atom is -0.358 e. The van der Waals surface area contributed by atoms with E-state index >= 15 is 0 Å². The number of hydrogen-bond acceptors (Lipinski definition) is 5. The van der Waals surface area contributed by atoms with Gasteiger partial charge in [0.15, 0.2) is 0 Å². The van der Waals surface area contributed by atoms with Gasteiger partial charge in [0.25, 0.3) is 10.1 Å². The maximum absolute atomic E-state index is 10.5. The van der Waals surface area contributed by atoms with E-state index in [9.17, 15) is 8.42 Å². The number of fused-ring (bicyclic) bond motifs is 2. The maximum Gasteiger partial charge on any atom is 0.294 e. The molecule has 1 aliphatic heterocycles. The molecule has 0 saturated carbocycles. The molecule has 0 aliphatic carbocycles. The van der Waals surface area contributed by atoms with E-state index in [1.54, 1.807) is 12.1 Å². The summed E-state index contributed by atoms with van der Waals surface area (Å²) in [6.07, 6.45) is 1.10. The Morgan fingerprint density at radius 1 is 0.971 bits per heavy atom. The number of nitrogens with zero attached hydrogens (tertiary/aromatic N) is 2. The Balaban J connectivity index is 0.000000210. The van der Waals surface area contributed by atoms with Crippen LogP contribution in [0.2, 0.25) is 0 Å².